The molecule has 7 nitrogen and oxygen atoms in total. The second kappa shape index (κ2) is 7.76. The molecule has 1 aliphatic carbocycles. The van der Waals surface area contributed by atoms with Crippen molar-refractivity contribution in [1.82, 2.24) is 14.9 Å². The second-order valence-electron chi connectivity index (χ2n) is 7.76. The van der Waals surface area contributed by atoms with Crippen molar-refractivity contribution in [2.24, 2.45) is 11.8 Å². The van der Waals surface area contributed by atoms with E-state index in [4.69, 9.17) is 14.2 Å². The van der Waals surface area contributed by atoms with E-state index in [1.54, 1.807) is 18.3 Å². The fraction of sp³-hybridized carbons (Fsp3) is 0.524. The first kappa shape index (κ1) is 19.8. The third-order valence-corrected chi connectivity index (χ3v) is 6.25. The average molecular weight is 403 g/mol. The van der Waals surface area contributed by atoms with Crippen LogP contribution in [0.25, 0.3) is 0 Å². The maximum atomic E-state index is 14.4. The van der Waals surface area contributed by atoms with Crippen LogP contribution in [0.5, 0.6) is 17.6 Å². The van der Waals surface area contributed by atoms with Crippen molar-refractivity contribution >= 4 is 0 Å². The summed E-state index contributed by atoms with van der Waals surface area (Å²) in [6, 6.07) is 5.13. The summed E-state index contributed by atoms with van der Waals surface area (Å²) in [6.45, 7) is 1.98. The molecule has 4 rings (SSSR count). The predicted molar refractivity (Wildman–Crippen MR) is 103 cm³/mol. The van der Waals surface area contributed by atoms with Gasteiger partial charge in [0.2, 0.25) is 5.88 Å². The molecular formula is C21H26FN3O4. The Bertz CT molecular complexity index is 896. The van der Waals surface area contributed by atoms with E-state index in [1.165, 1.54) is 27.4 Å². The first-order chi connectivity index (χ1) is 14.0. The third kappa shape index (κ3) is 3.51. The Balaban J connectivity index is 1.54. The summed E-state index contributed by atoms with van der Waals surface area (Å²) in [5.41, 5.74) is 0.139. The number of hydrogen-bond acceptors (Lipinski definition) is 7. The smallest absolute Gasteiger partial charge is 0.319 e. The zero-order valence-electron chi connectivity index (χ0n) is 16.9. The van der Waals surface area contributed by atoms with E-state index < -0.39 is 5.60 Å². The Morgan fingerprint density at radius 2 is 2.03 bits per heavy atom. The molecule has 2 aliphatic rings. The number of halogens is 1. The highest BCUT2D eigenvalue weighted by molar-refractivity contribution is 5.34. The molecule has 2 heterocycles. The summed E-state index contributed by atoms with van der Waals surface area (Å²) < 4.78 is 29.9. The van der Waals surface area contributed by atoms with Gasteiger partial charge in [-0.25, -0.2) is 9.37 Å². The molecule has 1 aromatic heterocycles. The van der Waals surface area contributed by atoms with Crippen LogP contribution in [0.1, 0.15) is 24.0 Å². The number of aliphatic hydroxyl groups is 1. The number of likely N-dealkylation sites (tertiary alicyclic amines) is 1. The van der Waals surface area contributed by atoms with Crippen LogP contribution in [0.4, 0.5) is 4.39 Å². The van der Waals surface area contributed by atoms with Crippen molar-refractivity contribution in [1.29, 1.82) is 0 Å². The van der Waals surface area contributed by atoms with Gasteiger partial charge in [0.25, 0.3) is 0 Å². The monoisotopic (exact) mass is 403 g/mol. The number of methoxy groups -OCH3 is 3. The van der Waals surface area contributed by atoms with E-state index in [2.05, 4.69) is 14.9 Å². The SMILES string of the molecule is COc1ccc(CN2C[C@H]3CC[C@](O)(c4cnc(OC)nc4OC)[C@H]3C2)c(F)c1. The lowest BCUT2D eigenvalue weighted by Crippen LogP contribution is -2.35. The zero-order valence-corrected chi connectivity index (χ0v) is 16.9. The molecule has 1 aromatic carbocycles. The maximum Gasteiger partial charge on any atom is 0.319 e. The molecule has 1 aliphatic heterocycles. The van der Waals surface area contributed by atoms with Gasteiger partial charge in [-0.05, 0) is 24.8 Å². The van der Waals surface area contributed by atoms with E-state index >= 15 is 0 Å². The molecule has 1 N–H and O–H groups in total. The van der Waals surface area contributed by atoms with E-state index in [9.17, 15) is 9.50 Å². The first-order valence-corrected chi connectivity index (χ1v) is 9.71. The van der Waals surface area contributed by atoms with Gasteiger partial charge >= 0.3 is 6.01 Å². The lowest BCUT2D eigenvalue weighted by Gasteiger charge is -2.31. The normalized spacial score (nSPS) is 26.4. The molecule has 0 unspecified atom stereocenters. The van der Waals surface area contributed by atoms with Gasteiger partial charge in [0.1, 0.15) is 17.2 Å². The van der Waals surface area contributed by atoms with Crippen molar-refractivity contribution in [2.45, 2.75) is 25.0 Å². The number of ether oxygens (including phenoxy) is 3. The summed E-state index contributed by atoms with van der Waals surface area (Å²) in [5, 5.41) is 11.6. The molecule has 156 valence electrons. The molecule has 0 bridgehead atoms. The van der Waals surface area contributed by atoms with Crippen molar-refractivity contribution in [3.63, 3.8) is 0 Å². The molecule has 29 heavy (non-hydrogen) atoms. The Kier molecular flexibility index (Phi) is 5.31. The first-order valence-electron chi connectivity index (χ1n) is 9.71. The van der Waals surface area contributed by atoms with Crippen molar-refractivity contribution < 1.29 is 23.7 Å². The number of nitrogens with zero attached hydrogens (tertiary/aromatic N) is 3. The van der Waals surface area contributed by atoms with E-state index in [1.807, 2.05) is 0 Å². The Labute approximate surface area is 169 Å². The molecule has 2 fully saturated rings. The van der Waals surface area contributed by atoms with E-state index in [-0.39, 0.29) is 17.7 Å². The zero-order chi connectivity index (χ0) is 20.6. The third-order valence-electron chi connectivity index (χ3n) is 6.25. The van der Waals surface area contributed by atoms with Crippen LogP contribution in [0, 0.1) is 17.7 Å². The van der Waals surface area contributed by atoms with Crippen LogP contribution in [0.3, 0.4) is 0 Å². The largest absolute Gasteiger partial charge is 0.497 e. The summed E-state index contributed by atoms with van der Waals surface area (Å²) in [4.78, 5) is 10.6. The Hall–Kier alpha value is -2.45. The molecule has 1 saturated heterocycles. The van der Waals surface area contributed by atoms with Gasteiger partial charge in [-0.1, -0.05) is 6.07 Å². The molecule has 1 saturated carbocycles. The summed E-state index contributed by atoms with van der Waals surface area (Å²) in [5.74, 6) is 0.898. The Morgan fingerprint density at radius 3 is 2.72 bits per heavy atom. The van der Waals surface area contributed by atoms with Crippen molar-refractivity contribution in [2.75, 3.05) is 34.4 Å². The molecular weight excluding hydrogens is 377 g/mol. The van der Waals surface area contributed by atoms with Crippen LogP contribution in [-0.4, -0.2) is 54.4 Å². The van der Waals surface area contributed by atoms with Gasteiger partial charge in [0, 0.05) is 43.4 Å². The minimum atomic E-state index is -1.07. The highest BCUT2D eigenvalue weighted by atomic mass is 19.1. The fourth-order valence-corrected chi connectivity index (χ4v) is 4.77. The van der Waals surface area contributed by atoms with Crippen LogP contribution in [0.2, 0.25) is 0 Å². The molecule has 2 aromatic rings. The van der Waals surface area contributed by atoms with Crippen LogP contribution in [0.15, 0.2) is 24.4 Å². The standard InChI is InChI=1S/C21H26FN3O4/c1-27-15-5-4-14(18(22)8-15)11-25-10-13-6-7-21(26,17(13)12-25)16-9-23-20(29-3)24-19(16)28-2/h4-5,8-9,13,17,26H,6-7,10-12H2,1-3H3/t13-,17+,21+/m1/s1. The minimum Gasteiger partial charge on any atom is -0.497 e. The van der Waals surface area contributed by atoms with Gasteiger partial charge in [0.05, 0.1) is 26.9 Å². The summed E-state index contributed by atoms with van der Waals surface area (Å²) in [7, 11) is 4.53. The van der Waals surface area contributed by atoms with Gasteiger partial charge in [0.15, 0.2) is 0 Å². The second-order valence-corrected chi connectivity index (χ2v) is 7.76. The minimum absolute atomic E-state index is 0.00899. The molecule has 3 atom stereocenters. The quantitative estimate of drug-likeness (QED) is 0.793. The van der Waals surface area contributed by atoms with Crippen molar-refractivity contribution in [3.8, 4) is 17.6 Å². The number of fused-ring (bicyclic) bond motifs is 1. The number of aromatic nitrogens is 2. The van der Waals surface area contributed by atoms with Crippen LogP contribution in [-0.2, 0) is 12.1 Å². The molecule has 0 spiro atoms. The highest BCUT2D eigenvalue weighted by Crippen LogP contribution is 2.52. The lowest BCUT2D eigenvalue weighted by molar-refractivity contribution is -0.00974. The highest BCUT2D eigenvalue weighted by Gasteiger charge is 2.53. The number of benzene rings is 1. The van der Waals surface area contributed by atoms with Crippen LogP contribution >= 0.6 is 0 Å². The fourth-order valence-electron chi connectivity index (χ4n) is 4.77. The molecule has 8 heteroatoms. The van der Waals surface area contributed by atoms with Gasteiger partial charge in [-0.2, -0.15) is 4.98 Å². The van der Waals surface area contributed by atoms with Crippen LogP contribution < -0.4 is 14.2 Å². The van der Waals surface area contributed by atoms with Gasteiger partial charge in [-0.15, -0.1) is 0 Å². The van der Waals surface area contributed by atoms with E-state index in [0.29, 0.717) is 48.2 Å². The summed E-state index contributed by atoms with van der Waals surface area (Å²) in [6.07, 6.45) is 3.11. The number of rotatable bonds is 6. The Morgan fingerprint density at radius 1 is 1.21 bits per heavy atom. The average Bonchev–Trinajstić information content (AvgIpc) is 3.29. The maximum absolute atomic E-state index is 14.4. The number of hydrogen-bond donors (Lipinski definition) is 1. The molecule has 0 radical (unpaired) electrons. The van der Waals surface area contributed by atoms with Gasteiger partial charge in [-0.3, -0.25) is 4.90 Å². The van der Waals surface area contributed by atoms with Gasteiger partial charge < -0.3 is 19.3 Å². The summed E-state index contributed by atoms with van der Waals surface area (Å²) >= 11 is 0. The lowest BCUT2D eigenvalue weighted by atomic mass is 9.83. The van der Waals surface area contributed by atoms with E-state index in [0.717, 1.165) is 13.0 Å². The van der Waals surface area contributed by atoms with Crippen molar-refractivity contribution in [3.05, 3.63) is 41.3 Å². The molecule has 0 amide bonds. The topological polar surface area (TPSA) is 76.9 Å². The predicted octanol–water partition coefficient (Wildman–Crippen LogP) is 2.37.